The number of hydrogen-bond donors (Lipinski definition) is 1. The lowest BCUT2D eigenvalue weighted by Gasteiger charge is -1.93. The van der Waals surface area contributed by atoms with Crippen molar-refractivity contribution in [3.05, 3.63) is 28.8 Å². The highest BCUT2D eigenvalue weighted by molar-refractivity contribution is 7.18. The molecule has 0 aliphatic carbocycles. The molecule has 2 N–H and O–H groups in total. The van der Waals surface area contributed by atoms with E-state index in [0.717, 1.165) is 9.71 Å². The van der Waals surface area contributed by atoms with Crippen molar-refractivity contribution in [1.82, 2.24) is 4.98 Å². The number of primary amides is 1. The molecule has 1 amide bonds. The topological polar surface area (TPSA) is 56.0 Å². The molecule has 0 saturated carbocycles. The van der Waals surface area contributed by atoms with Crippen molar-refractivity contribution in [3.8, 4) is 0 Å². The third-order valence-electron chi connectivity index (χ3n) is 1.71. The molecule has 1 radical (unpaired) electrons. The van der Waals surface area contributed by atoms with Crippen molar-refractivity contribution < 1.29 is 4.79 Å². The summed E-state index contributed by atoms with van der Waals surface area (Å²) in [4.78, 5) is 15.2. The van der Waals surface area contributed by atoms with E-state index in [1.165, 1.54) is 0 Å². The van der Waals surface area contributed by atoms with Gasteiger partial charge in [-0.05, 0) is 19.1 Å². The van der Waals surface area contributed by atoms with Crippen LogP contribution in [0.2, 0.25) is 0 Å². The van der Waals surface area contributed by atoms with Crippen molar-refractivity contribution in [2.75, 3.05) is 0 Å². The van der Waals surface area contributed by atoms with Crippen LogP contribution in [-0.2, 0) is 0 Å². The summed E-state index contributed by atoms with van der Waals surface area (Å²) < 4.78 is 0.977. The molecule has 0 aliphatic heterocycles. The third kappa shape index (κ3) is 1.29. The van der Waals surface area contributed by atoms with Gasteiger partial charge in [0.1, 0.15) is 0 Å². The van der Waals surface area contributed by atoms with Crippen LogP contribution in [0.3, 0.4) is 0 Å². The van der Waals surface area contributed by atoms with E-state index in [4.69, 9.17) is 5.73 Å². The van der Waals surface area contributed by atoms with Crippen molar-refractivity contribution in [2.24, 2.45) is 5.73 Å². The summed E-state index contributed by atoms with van der Waals surface area (Å²) in [5, 5.41) is 0.928. The Morgan fingerprint density at radius 3 is 3.15 bits per heavy atom. The van der Waals surface area contributed by atoms with E-state index in [-0.39, 0.29) is 0 Å². The Balaban J connectivity index is 2.82. The Kier molecular flexibility index (Phi) is 1.77. The molecule has 0 spiro atoms. The Hall–Kier alpha value is -1.42. The molecule has 0 atom stereocenters. The van der Waals surface area contributed by atoms with Gasteiger partial charge < -0.3 is 5.73 Å². The molecule has 0 aliphatic rings. The van der Waals surface area contributed by atoms with Crippen LogP contribution >= 0.6 is 11.3 Å². The van der Waals surface area contributed by atoms with Crippen LogP contribution in [0, 0.1) is 13.0 Å². The lowest BCUT2D eigenvalue weighted by molar-refractivity contribution is 0.100. The number of hydrogen-bond acceptors (Lipinski definition) is 3. The average molecular weight is 191 g/mol. The maximum atomic E-state index is 11.0. The van der Waals surface area contributed by atoms with Gasteiger partial charge in [-0.1, -0.05) is 6.07 Å². The number of carbonyl (C=O) groups is 1. The predicted octanol–water partition coefficient (Wildman–Crippen LogP) is 1.50. The van der Waals surface area contributed by atoms with Crippen molar-refractivity contribution >= 4 is 27.5 Å². The molecular formula is C9H7N2OS. The maximum Gasteiger partial charge on any atom is 0.251 e. The number of amides is 1. The Labute approximate surface area is 79.2 Å². The summed E-state index contributed by atoms with van der Waals surface area (Å²) in [6, 6.07) is 6.37. The van der Waals surface area contributed by atoms with Gasteiger partial charge in [-0.3, -0.25) is 4.79 Å². The molecule has 1 aromatic carbocycles. The van der Waals surface area contributed by atoms with Gasteiger partial charge in [0.15, 0.2) is 0 Å². The second-order valence-corrected chi connectivity index (χ2v) is 3.90. The van der Waals surface area contributed by atoms with Crippen molar-refractivity contribution in [3.63, 3.8) is 0 Å². The second kappa shape index (κ2) is 2.81. The van der Waals surface area contributed by atoms with Crippen molar-refractivity contribution in [1.29, 1.82) is 0 Å². The van der Waals surface area contributed by atoms with Crippen LogP contribution in [0.5, 0.6) is 0 Å². The van der Waals surface area contributed by atoms with Gasteiger partial charge in [-0.15, -0.1) is 11.3 Å². The van der Waals surface area contributed by atoms with Crippen LogP contribution in [0.1, 0.15) is 15.4 Å². The van der Waals surface area contributed by atoms with Gasteiger partial charge in [0.2, 0.25) is 0 Å². The zero-order valence-electron chi connectivity index (χ0n) is 7.00. The van der Waals surface area contributed by atoms with Gasteiger partial charge in [0, 0.05) is 0 Å². The predicted molar refractivity (Wildman–Crippen MR) is 51.7 cm³/mol. The van der Waals surface area contributed by atoms with Gasteiger partial charge in [-0.2, -0.15) is 0 Å². The van der Waals surface area contributed by atoms with Gasteiger partial charge in [-0.25, -0.2) is 4.98 Å². The number of nitrogens with two attached hydrogens (primary N) is 1. The van der Waals surface area contributed by atoms with Crippen LogP contribution in [0.15, 0.2) is 12.1 Å². The minimum absolute atomic E-state index is 0.377. The Bertz CT molecular complexity index is 475. The number of benzene rings is 1. The first-order chi connectivity index (χ1) is 6.18. The molecule has 0 unspecified atom stereocenters. The van der Waals surface area contributed by atoms with E-state index >= 15 is 0 Å². The van der Waals surface area contributed by atoms with Crippen molar-refractivity contribution in [2.45, 2.75) is 6.92 Å². The summed E-state index contributed by atoms with van der Waals surface area (Å²) in [5.41, 5.74) is 6.22. The van der Waals surface area contributed by atoms with Crippen LogP contribution < -0.4 is 5.73 Å². The molecule has 2 rings (SSSR count). The summed E-state index contributed by atoms with van der Waals surface area (Å²) in [7, 11) is 0. The number of carbonyl (C=O) groups excluding carboxylic acids is 1. The first kappa shape index (κ1) is 8.19. The molecule has 0 saturated heterocycles. The van der Waals surface area contributed by atoms with Gasteiger partial charge >= 0.3 is 0 Å². The average Bonchev–Trinajstić information content (AvgIpc) is 2.43. The number of rotatable bonds is 1. The smallest absolute Gasteiger partial charge is 0.251 e. The molecule has 3 nitrogen and oxygen atoms in total. The molecule has 13 heavy (non-hydrogen) atoms. The Morgan fingerprint density at radius 1 is 1.69 bits per heavy atom. The van der Waals surface area contributed by atoms with E-state index in [0.29, 0.717) is 11.1 Å². The van der Waals surface area contributed by atoms with E-state index in [1.54, 1.807) is 17.4 Å². The van der Waals surface area contributed by atoms with E-state index in [2.05, 4.69) is 11.1 Å². The highest BCUT2D eigenvalue weighted by Crippen LogP contribution is 2.23. The lowest BCUT2D eigenvalue weighted by atomic mass is 10.2. The van der Waals surface area contributed by atoms with E-state index in [9.17, 15) is 4.79 Å². The zero-order chi connectivity index (χ0) is 9.42. The molecule has 0 fully saturated rings. The van der Waals surface area contributed by atoms with E-state index in [1.807, 2.05) is 13.0 Å². The molecule has 1 aromatic heterocycles. The number of fused-ring (bicyclic) bond motifs is 1. The lowest BCUT2D eigenvalue weighted by Crippen LogP contribution is -2.11. The van der Waals surface area contributed by atoms with Gasteiger partial charge in [0.05, 0.1) is 20.8 Å². The van der Waals surface area contributed by atoms with Gasteiger partial charge in [0.25, 0.3) is 5.91 Å². The molecule has 1 heterocycles. The third-order valence-corrected chi connectivity index (χ3v) is 2.64. The normalized spacial score (nSPS) is 10.5. The molecule has 65 valence electrons. The van der Waals surface area contributed by atoms with Crippen LogP contribution in [0.25, 0.3) is 10.2 Å². The maximum absolute atomic E-state index is 11.0. The fourth-order valence-electron chi connectivity index (χ4n) is 1.19. The Morgan fingerprint density at radius 2 is 2.46 bits per heavy atom. The number of nitrogens with zero attached hydrogens (tertiary/aromatic N) is 1. The molecule has 0 bridgehead atoms. The largest absolute Gasteiger partial charge is 0.366 e. The minimum Gasteiger partial charge on any atom is -0.366 e. The first-order valence-corrected chi connectivity index (χ1v) is 4.58. The second-order valence-electron chi connectivity index (χ2n) is 2.66. The molecular weight excluding hydrogens is 184 g/mol. The van der Waals surface area contributed by atoms with Crippen LogP contribution in [0.4, 0.5) is 0 Å². The highest BCUT2D eigenvalue weighted by Gasteiger charge is 2.09. The SMILES string of the molecule is Cc1nc2c(C(N)=O)[c]ccc2s1. The molecule has 2 aromatic rings. The summed E-state index contributed by atoms with van der Waals surface area (Å²) in [6.45, 7) is 1.90. The number of thiazole rings is 1. The number of aromatic nitrogens is 1. The summed E-state index contributed by atoms with van der Waals surface area (Å²) in [5.74, 6) is -0.476. The zero-order valence-corrected chi connectivity index (χ0v) is 7.81. The highest BCUT2D eigenvalue weighted by atomic mass is 32.1. The summed E-state index contributed by atoms with van der Waals surface area (Å²) in [6.07, 6.45) is 0. The first-order valence-electron chi connectivity index (χ1n) is 3.76. The fraction of sp³-hybridized carbons (Fsp3) is 0.111. The monoisotopic (exact) mass is 191 g/mol. The number of aryl methyl sites for hydroxylation is 1. The quantitative estimate of drug-likeness (QED) is 0.742. The van der Waals surface area contributed by atoms with E-state index < -0.39 is 5.91 Å². The fourth-order valence-corrected chi connectivity index (χ4v) is 2.03. The molecule has 4 heteroatoms. The minimum atomic E-state index is -0.476. The van der Waals surface area contributed by atoms with Crippen LogP contribution in [-0.4, -0.2) is 10.9 Å². The summed E-state index contributed by atoms with van der Waals surface area (Å²) >= 11 is 1.54. The standard InChI is InChI=1S/C9H7N2OS/c1-5-11-8-6(9(10)12)3-2-4-7(8)13-5/h2,4H,1H3,(H2,10,12).